The third kappa shape index (κ3) is 2.37. The van der Waals surface area contributed by atoms with Crippen LogP contribution >= 0.6 is 0 Å². The molecule has 1 aliphatic rings. The minimum absolute atomic E-state index is 0.00642. The summed E-state index contributed by atoms with van der Waals surface area (Å²) in [5.74, 6) is -1.34. The van der Waals surface area contributed by atoms with E-state index in [1.54, 1.807) is 11.0 Å². The zero-order valence-corrected chi connectivity index (χ0v) is 9.50. The first-order valence-corrected chi connectivity index (χ1v) is 5.49. The molecular weight excluding hydrogens is 224 g/mol. The van der Waals surface area contributed by atoms with Crippen LogP contribution in [0.2, 0.25) is 0 Å². The van der Waals surface area contributed by atoms with E-state index in [1.807, 2.05) is 6.92 Å². The standard InChI is InChI=1S/C12H13F2N3/c1-8-7-17(3-2-16-8)12-10(13)4-9(6-15)5-11(12)14/h4-5,8,16H,2-3,7H2,1H3/t8-/m0/s1. The molecule has 0 aromatic heterocycles. The molecule has 1 N–H and O–H groups in total. The van der Waals surface area contributed by atoms with Crippen LogP contribution in [0.1, 0.15) is 12.5 Å². The van der Waals surface area contributed by atoms with Crippen LogP contribution < -0.4 is 10.2 Å². The van der Waals surface area contributed by atoms with Crippen molar-refractivity contribution in [3.8, 4) is 6.07 Å². The van der Waals surface area contributed by atoms with Crippen LogP contribution in [0.3, 0.4) is 0 Å². The summed E-state index contributed by atoms with van der Waals surface area (Å²) in [6.07, 6.45) is 0. The minimum Gasteiger partial charge on any atom is -0.364 e. The quantitative estimate of drug-likeness (QED) is 0.807. The fourth-order valence-electron chi connectivity index (χ4n) is 2.07. The Morgan fingerprint density at radius 2 is 2.06 bits per heavy atom. The minimum atomic E-state index is -0.671. The van der Waals surface area contributed by atoms with E-state index in [1.165, 1.54) is 0 Å². The zero-order chi connectivity index (χ0) is 12.4. The van der Waals surface area contributed by atoms with Crippen molar-refractivity contribution in [2.75, 3.05) is 24.5 Å². The molecule has 0 aliphatic carbocycles. The number of piperazine rings is 1. The van der Waals surface area contributed by atoms with Crippen molar-refractivity contribution in [1.29, 1.82) is 5.26 Å². The predicted molar refractivity (Wildman–Crippen MR) is 60.8 cm³/mol. The Morgan fingerprint density at radius 3 is 2.59 bits per heavy atom. The zero-order valence-electron chi connectivity index (χ0n) is 9.50. The SMILES string of the molecule is C[C@H]1CN(c2c(F)cc(C#N)cc2F)CCN1. The number of anilines is 1. The van der Waals surface area contributed by atoms with Gasteiger partial charge >= 0.3 is 0 Å². The van der Waals surface area contributed by atoms with Gasteiger partial charge in [-0.2, -0.15) is 5.26 Å². The summed E-state index contributed by atoms with van der Waals surface area (Å²) in [6, 6.07) is 4.08. The smallest absolute Gasteiger partial charge is 0.150 e. The summed E-state index contributed by atoms with van der Waals surface area (Å²) in [7, 11) is 0. The lowest BCUT2D eigenvalue weighted by Crippen LogP contribution is -2.49. The van der Waals surface area contributed by atoms with Crippen molar-refractivity contribution >= 4 is 5.69 Å². The lowest BCUT2D eigenvalue weighted by atomic mass is 10.1. The van der Waals surface area contributed by atoms with Crippen molar-refractivity contribution in [2.24, 2.45) is 0 Å². The van der Waals surface area contributed by atoms with Gasteiger partial charge in [-0.1, -0.05) is 0 Å². The van der Waals surface area contributed by atoms with Gasteiger partial charge in [0.05, 0.1) is 11.6 Å². The van der Waals surface area contributed by atoms with E-state index < -0.39 is 11.6 Å². The topological polar surface area (TPSA) is 39.1 Å². The molecule has 5 heteroatoms. The molecule has 90 valence electrons. The molecule has 1 aromatic carbocycles. The van der Waals surface area contributed by atoms with Gasteiger partial charge in [-0.15, -0.1) is 0 Å². The van der Waals surface area contributed by atoms with Crippen LogP contribution in [0.15, 0.2) is 12.1 Å². The molecule has 1 aromatic rings. The molecule has 1 atom stereocenters. The molecular formula is C12H13F2N3. The number of nitriles is 1. The van der Waals surface area contributed by atoms with Crippen molar-refractivity contribution in [3.05, 3.63) is 29.3 Å². The van der Waals surface area contributed by atoms with Crippen molar-refractivity contribution in [2.45, 2.75) is 13.0 Å². The Morgan fingerprint density at radius 1 is 1.41 bits per heavy atom. The Bertz CT molecular complexity index is 444. The first-order valence-electron chi connectivity index (χ1n) is 5.49. The molecule has 2 rings (SSSR count). The van der Waals surface area contributed by atoms with E-state index in [4.69, 9.17) is 5.26 Å². The number of halogens is 2. The van der Waals surface area contributed by atoms with Gasteiger partial charge in [-0.05, 0) is 19.1 Å². The van der Waals surface area contributed by atoms with E-state index in [9.17, 15) is 8.78 Å². The van der Waals surface area contributed by atoms with Crippen molar-refractivity contribution in [1.82, 2.24) is 5.32 Å². The Kier molecular flexibility index (Phi) is 3.25. The van der Waals surface area contributed by atoms with Crippen molar-refractivity contribution < 1.29 is 8.78 Å². The monoisotopic (exact) mass is 237 g/mol. The third-order valence-electron chi connectivity index (χ3n) is 2.83. The highest BCUT2D eigenvalue weighted by atomic mass is 19.1. The highest BCUT2D eigenvalue weighted by Crippen LogP contribution is 2.25. The molecule has 1 heterocycles. The predicted octanol–water partition coefficient (Wildman–Crippen LogP) is 1.63. The average Bonchev–Trinajstić information content (AvgIpc) is 2.28. The Hall–Kier alpha value is -1.67. The van der Waals surface area contributed by atoms with Gasteiger partial charge in [0, 0.05) is 25.7 Å². The van der Waals surface area contributed by atoms with Crippen LogP contribution in [0.4, 0.5) is 14.5 Å². The summed E-state index contributed by atoms with van der Waals surface area (Å²) in [5, 5.41) is 11.8. The maximum absolute atomic E-state index is 13.8. The van der Waals surface area contributed by atoms with Gasteiger partial charge in [0.1, 0.15) is 5.69 Å². The van der Waals surface area contributed by atoms with E-state index in [0.29, 0.717) is 19.6 Å². The second-order valence-corrected chi connectivity index (χ2v) is 4.20. The van der Waals surface area contributed by atoms with Crippen molar-refractivity contribution in [3.63, 3.8) is 0 Å². The number of hydrogen-bond acceptors (Lipinski definition) is 3. The molecule has 0 radical (unpaired) electrons. The van der Waals surface area contributed by atoms with E-state index in [-0.39, 0.29) is 17.3 Å². The molecule has 0 amide bonds. The number of benzene rings is 1. The highest BCUT2D eigenvalue weighted by Gasteiger charge is 2.22. The normalized spacial score (nSPS) is 20.1. The largest absolute Gasteiger partial charge is 0.364 e. The van der Waals surface area contributed by atoms with Crippen LogP contribution in [-0.2, 0) is 0 Å². The average molecular weight is 237 g/mol. The summed E-state index contributed by atoms with van der Waals surface area (Å²) < 4.78 is 27.5. The van der Waals surface area contributed by atoms with Gasteiger partial charge < -0.3 is 10.2 Å². The summed E-state index contributed by atoms with van der Waals surface area (Å²) >= 11 is 0. The molecule has 1 saturated heterocycles. The van der Waals surface area contributed by atoms with Gasteiger partial charge in [-0.3, -0.25) is 0 Å². The molecule has 3 nitrogen and oxygen atoms in total. The fraction of sp³-hybridized carbons (Fsp3) is 0.417. The molecule has 1 fully saturated rings. The molecule has 1 aliphatic heterocycles. The number of nitrogens with one attached hydrogen (secondary N) is 1. The Labute approximate surface area is 98.6 Å². The van der Waals surface area contributed by atoms with Gasteiger partial charge in [0.2, 0.25) is 0 Å². The van der Waals surface area contributed by atoms with Crippen LogP contribution in [0.5, 0.6) is 0 Å². The van der Waals surface area contributed by atoms with Gasteiger partial charge in [0.25, 0.3) is 0 Å². The lowest BCUT2D eigenvalue weighted by Gasteiger charge is -2.33. The van der Waals surface area contributed by atoms with E-state index >= 15 is 0 Å². The lowest BCUT2D eigenvalue weighted by molar-refractivity contribution is 0.470. The molecule has 17 heavy (non-hydrogen) atoms. The molecule has 0 bridgehead atoms. The molecule has 0 spiro atoms. The first kappa shape index (κ1) is 11.8. The highest BCUT2D eigenvalue weighted by molar-refractivity contribution is 5.53. The molecule has 0 saturated carbocycles. The summed E-state index contributed by atoms with van der Waals surface area (Å²) in [6.45, 7) is 3.77. The van der Waals surface area contributed by atoms with Crippen LogP contribution in [-0.4, -0.2) is 25.7 Å². The fourth-order valence-corrected chi connectivity index (χ4v) is 2.07. The Balaban J connectivity index is 2.35. The maximum Gasteiger partial charge on any atom is 0.150 e. The second-order valence-electron chi connectivity index (χ2n) is 4.20. The van der Waals surface area contributed by atoms with E-state index in [0.717, 1.165) is 12.1 Å². The number of nitrogens with zero attached hydrogens (tertiary/aromatic N) is 2. The van der Waals surface area contributed by atoms with Crippen LogP contribution in [0, 0.1) is 23.0 Å². The number of hydrogen-bond donors (Lipinski definition) is 1. The first-order chi connectivity index (χ1) is 8.11. The summed E-state index contributed by atoms with van der Waals surface area (Å²) in [5.41, 5.74) is -0.0238. The number of rotatable bonds is 1. The summed E-state index contributed by atoms with van der Waals surface area (Å²) in [4.78, 5) is 1.67. The van der Waals surface area contributed by atoms with E-state index in [2.05, 4.69) is 5.32 Å². The molecule has 0 unspecified atom stereocenters. The van der Waals surface area contributed by atoms with Gasteiger partial charge in [-0.25, -0.2) is 8.78 Å². The second kappa shape index (κ2) is 4.68. The van der Waals surface area contributed by atoms with Gasteiger partial charge in [0.15, 0.2) is 11.6 Å². The van der Waals surface area contributed by atoms with Crippen LogP contribution in [0.25, 0.3) is 0 Å². The maximum atomic E-state index is 13.8. The third-order valence-corrected chi connectivity index (χ3v) is 2.83.